The molecule has 0 amide bonds. The Kier molecular flexibility index (Phi) is 5.71. The molecule has 0 saturated carbocycles. The van der Waals surface area contributed by atoms with Crippen molar-refractivity contribution in [3.63, 3.8) is 0 Å². The van der Waals surface area contributed by atoms with Crippen LogP contribution in [0.3, 0.4) is 0 Å². The molecule has 6 atom stereocenters. The maximum absolute atomic E-state index is 12.8. The molecule has 1 N–H and O–H groups in total. The van der Waals surface area contributed by atoms with E-state index in [2.05, 4.69) is 63.3 Å². The molecule has 1 aliphatic carbocycles. The number of pyridine rings is 1. The average Bonchev–Trinajstić information content (AvgIpc) is 3.58. The summed E-state index contributed by atoms with van der Waals surface area (Å²) in [6, 6.07) is 11.2. The van der Waals surface area contributed by atoms with E-state index in [-0.39, 0.29) is 16.7 Å². The molecule has 1 spiro atoms. The minimum absolute atomic E-state index is 0.0988. The SMILES string of the molecule is O=C1CCCN2[C@H]3[C@]45CN6CCCC/C=C\CC[C@]3(C=C(c3nccc7c3[nH]c3ccccc37)[C@H]4CC6)O[C@@]2(CC1)C5. The number of carbonyl (C=O) groups is 1. The van der Waals surface area contributed by atoms with E-state index in [9.17, 15) is 4.79 Å². The summed E-state index contributed by atoms with van der Waals surface area (Å²) >= 11 is 0. The van der Waals surface area contributed by atoms with E-state index in [1.807, 2.05) is 6.20 Å². The number of nitrogens with zero attached hydrogens (tertiary/aromatic N) is 3. The minimum Gasteiger partial charge on any atom is -0.353 e. The maximum Gasteiger partial charge on any atom is 0.133 e. The van der Waals surface area contributed by atoms with Gasteiger partial charge < -0.3 is 14.6 Å². The predicted octanol–water partition coefficient (Wildman–Crippen LogP) is 6.62. The Morgan fingerprint density at radius 2 is 1.88 bits per heavy atom. The summed E-state index contributed by atoms with van der Waals surface area (Å²) in [7, 11) is 0. The monoisotopic (exact) mass is 562 g/mol. The molecule has 3 aromatic rings. The summed E-state index contributed by atoms with van der Waals surface area (Å²) in [5.41, 5.74) is 4.28. The van der Waals surface area contributed by atoms with Gasteiger partial charge in [0.2, 0.25) is 0 Å². The van der Waals surface area contributed by atoms with Crippen LogP contribution in [-0.2, 0) is 9.53 Å². The number of allylic oxidation sites excluding steroid dienone is 3. The van der Waals surface area contributed by atoms with Gasteiger partial charge in [-0.3, -0.25) is 14.7 Å². The van der Waals surface area contributed by atoms with E-state index < -0.39 is 0 Å². The molecule has 6 nitrogen and oxygen atoms in total. The highest BCUT2D eigenvalue weighted by atomic mass is 16.6. The standard InChI is InChI=1S/C36H42N4O2/c41-25-10-9-20-40-33-34-23-36(40,17-13-25)42-35(33)16-7-3-1-2-4-8-19-39(24-34)21-15-29(34)28(22-35)31-32-27(14-18-37-31)26-11-5-6-12-30(26)38-32/h1,3,5-6,11-12,14,18,22,29,33,38H,2,4,7-10,13,15-17,19-21,23-24H2/b3-1-/t29-,33+,34-,35-,36+/m1/s1. The van der Waals surface area contributed by atoms with Crippen molar-refractivity contribution in [3.8, 4) is 0 Å². The van der Waals surface area contributed by atoms with Gasteiger partial charge in [0.25, 0.3) is 0 Å². The first-order valence-corrected chi connectivity index (χ1v) is 16.6. The highest BCUT2D eigenvalue weighted by Gasteiger charge is 2.77. The van der Waals surface area contributed by atoms with E-state index in [1.165, 1.54) is 47.7 Å². The van der Waals surface area contributed by atoms with Gasteiger partial charge in [-0.15, -0.1) is 0 Å². The zero-order valence-electron chi connectivity index (χ0n) is 24.6. The number of rotatable bonds is 1. The zero-order valence-corrected chi connectivity index (χ0v) is 24.6. The summed E-state index contributed by atoms with van der Waals surface area (Å²) in [5, 5.41) is 2.52. The molecular weight excluding hydrogens is 520 g/mol. The number of ether oxygens (including phenoxy) is 1. The van der Waals surface area contributed by atoms with E-state index in [0.29, 0.717) is 30.6 Å². The lowest BCUT2D eigenvalue weighted by atomic mass is 9.53. The summed E-state index contributed by atoms with van der Waals surface area (Å²) in [4.78, 5) is 27.3. The normalized spacial score (nSPS) is 39.2. The molecule has 4 saturated heterocycles. The number of H-pyrrole nitrogens is 1. The Hall–Kier alpha value is -2.80. The molecule has 5 bridgehead atoms. The van der Waals surface area contributed by atoms with Gasteiger partial charge in [-0.2, -0.15) is 0 Å². The molecule has 1 aromatic carbocycles. The van der Waals surface area contributed by atoms with Gasteiger partial charge in [-0.05, 0) is 101 Å². The van der Waals surface area contributed by atoms with Crippen molar-refractivity contribution in [2.45, 2.75) is 88.0 Å². The highest BCUT2D eigenvalue weighted by Crippen LogP contribution is 2.70. The number of aromatic amines is 1. The summed E-state index contributed by atoms with van der Waals surface area (Å²) in [6.45, 7) is 4.44. The van der Waals surface area contributed by atoms with Gasteiger partial charge in [-0.25, -0.2) is 0 Å². The van der Waals surface area contributed by atoms with Crippen LogP contribution < -0.4 is 0 Å². The van der Waals surface area contributed by atoms with Gasteiger partial charge in [0, 0.05) is 53.8 Å². The highest BCUT2D eigenvalue weighted by molar-refractivity contribution is 6.09. The first-order chi connectivity index (χ1) is 20.6. The van der Waals surface area contributed by atoms with Crippen molar-refractivity contribution in [1.82, 2.24) is 19.8 Å². The fraction of sp³-hybridized carbons (Fsp3) is 0.556. The third kappa shape index (κ3) is 3.55. The Labute approximate surface area is 248 Å². The molecule has 5 aliphatic heterocycles. The number of Topliss-reactive ketones (excluding diaryl/α,β-unsaturated/α-hetero) is 1. The molecule has 6 heteroatoms. The number of benzene rings is 1. The number of carbonyl (C=O) groups excluding carboxylic acids is 1. The topological polar surface area (TPSA) is 61.5 Å². The number of para-hydroxylation sites is 1. The Morgan fingerprint density at radius 1 is 0.952 bits per heavy atom. The van der Waals surface area contributed by atoms with E-state index in [4.69, 9.17) is 9.72 Å². The Bertz CT molecular complexity index is 1640. The molecule has 7 heterocycles. The molecule has 6 aliphatic rings. The molecule has 2 aromatic heterocycles. The van der Waals surface area contributed by atoms with Crippen molar-refractivity contribution in [1.29, 1.82) is 0 Å². The van der Waals surface area contributed by atoms with Gasteiger partial charge >= 0.3 is 0 Å². The number of aromatic nitrogens is 2. The number of hydrogen-bond donors (Lipinski definition) is 1. The van der Waals surface area contributed by atoms with E-state index >= 15 is 0 Å². The maximum atomic E-state index is 12.8. The molecule has 42 heavy (non-hydrogen) atoms. The van der Waals surface area contributed by atoms with Crippen LogP contribution in [0.4, 0.5) is 0 Å². The molecule has 218 valence electrons. The summed E-state index contributed by atoms with van der Waals surface area (Å²) < 4.78 is 7.53. The van der Waals surface area contributed by atoms with Gasteiger partial charge in [0.15, 0.2) is 0 Å². The fourth-order valence-electron chi connectivity index (χ4n) is 10.5. The lowest BCUT2D eigenvalue weighted by Crippen LogP contribution is -2.65. The van der Waals surface area contributed by atoms with Gasteiger partial charge in [0.1, 0.15) is 17.1 Å². The Balaban J connectivity index is 1.27. The minimum atomic E-state index is -0.366. The predicted molar refractivity (Wildman–Crippen MR) is 166 cm³/mol. The number of nitrogens with one attached hydrogen (secondary N) is 1. The third-order valence-corrected chi connectivity index (χ3v) is 11.9. The molecule has 4 fully saturated rings. The van der Waals surface area contributed by atoms with Crippen molar-refractivity contribution in [2.24, 2.45) is 11.3 Å². The first kappa shape index (κ1) is 25.7. The van der Waals surface area contributed by atoms with Crippen molar-refractivity contribution in [2.75, 3.05) is 26.2 Å². The Morgan fingerprint density at radius 3 is 2.86 bits per heavy atom. The van der Waals surface area contributed by atoms with Crippen LogP contribution in [0.1, 0.15) is 76.3 Å². The average molecular weight is 563 g/mol. The van der Waals surface area contributed by atoms with Crippen LogP contribution in [0, 0.1) is 11.3 Å². The van der Waals surface area contributed by atoms with Crippen molar-refractivity contribution >= 4 is 33.2 Å². The van der Waals surface area contributed by atoms with Crippen LogP contribution in [0.2, 0.25) is 0 Å². The van der Waals surface area contributed by atoms with Crippen LogP contribution in [-0.4, -0.2) is 69.1 Å². The zero-order chi connectivity index (χ0) is 27.9. The molecular formula is C36H42N4O2. The second-order valence-corrected chi connectivity index (χ2v) is 14.1. The van der Waals surface area contributed by atoms with Crippen LogP contribution in [0.15, 0.2) is 54.8 Å². The quantitative estimate of drug-likeness (QED) is 0.338. The molecule has 1 unspecified atom stereocenters. The first-order valence-electron chi connectivity index (χ1n) is 16.6. The van der Waals surface area contributed by atoms with Crippen LogP contribution in [0.5, 0.6) is 0 Å². The lowest BCUT2D eigenvalue weighted by Gasteiger charge is -2.59. The second-order valence-electron chi connectivity index (χ2n) is 14.1. The number of piperidine rings is 1. The van der Waals surface area contributed by atoms with Crippen molar-refractivity contribution < 1.29 is 9.53 Å². The van der Waals surface area contributed by atoms with Crippen molar-refractivity contribution in [3.05, 3.63) is 60.5 Å². The fourth-order valence-corrected chi connectivity index (χ4v) is 10.5. The van der Waals surface area contributed by atoms with Crippen LogP contribution >= 0.6 is 0 Å². The lowest BCUT2D eigenvalue weighted by molar-refractivity contribution is -0.180. The third-order valence-electron chi connectivity index (χ3n) is 11.9. The van der Waals surface area contributed by atoms with Gasteiger partial charge in [0.05, 0.1) is 17.3 Å². The molecule has 9 rings (SSSR count). The number of ketones is 1. The smallest absolute Gasteiger partial charge is 0.133 e. The van der Waals surface area contributed by atoms with Gasteiger partial charge in [-0.1, -0.05) is 30.4 Å². The summed E-state index contributed by atoms with van der Waals surface area (Å²) in [5.74, 6) is 0.850. The second kappa shape index (κ2) is 9.35. The summed E-state index contributed by atoms with van der Waals surface area (Å²) in [6.07, 6.45) is 20.5. The van der Waals surface area contributed by atoms with E-state index in [0.717, 1.165) is 69.4 Å². The van der Waals surface area contributed by atoms with E-state index in [1.54, 1.807) is 0 Å². The van der Waals surface area contributed by atoms with Crippen LogP contribution in [0.25, 0.3) is 27.4 Å². The number of fused-ring (bicyclic) bond motifs is 4. The largest absolute Gasteiger partial charge is 0.353 e. The molecule has 0 radical (unpaired) electrons. The number of hydrogen-bond acceptors (Lipinski definition) is 5.